The summed E-state index contributed by atoms with van der Waals surface area (Å²) < 4.78 is 6.90. The van der Waals surface area contributed by atoms with E-state index in [2.05, 4.69) is 4.98 Å². The summed E-state index contributed by atoms with van der Waals surface area (Å²) in [6, 6.07) is 13.4. The van der Waals surface area contributed by atoms with Gasteiger partial charge in [-0.25, -0.2) is 4.98 Å². The fourth-order valence-corrected chi connectivity index (χ4v) is 3.32. The molecule has 0 saturated carbocycles. The average Bonchev–Trinajstić information content (AvgIpc) is 2.71. The van der Waals surface area contributed by atoms with Crippen LogP contribution in [0.5, 0.6) is 0 Å². The zero-order valence-electron chi connectivity index (χ0n) is 15.2. The van der Waals surface area contributed by atoms with Gasteiger partial charge in [0, 0.05) is 24.7 Å². The van der Waals surface area contributed by atoms with Crippen molar-refractivity contribution in [3.05, 3.63) is 75.7 Å². The molecule has 1 aliphatic heterocycles. The SMILES string of the molecule is Cc1ccc(Cn2c(=O)c(C(=O)N3CCOCC3)cc3cccnc32)cc1. The Hall–Kier alpha value is -2.99. The molecule has 6 heteroatoms. The van der Waals surface area contributed by atoms with Crippen LogP contribution in [0.15, 0.2) is 53.5 Å². The zero-order chi connectivity index (χ0) is 18.8. The molecular weight excluding hydrogens is 342 g/mol. The Labute approximate surface area is 157 Å². The van der Waals surface area contributed by atoms with Crippen LogP contribution in [-0.4, -0.2) is 46.7 Å². The van der Waals surface area contributed by atoms with Crippen molar-refractivity contribution < 1.29 is 9.53 Å². The molecule has 1 aliphatic rings. The monoisotopic (exact) mass is 363 g/mol. The van der Waals surface area contributed by atoms with E-state index in [0.717, 1.165) is 16.5 Å². The molecule has 0 spiro atoms. The molecule has 2 aromatic heterocycles. The predicted molar refractivity (Wildman–Crippen MR) is 103 cm³/mol. The Morgan fingerprint density at radius 2 is 1.89 bits per heavy atom. The summed E-state index contributed by atoms with van der Waals surface area (Å²) >= 11 is 0. The van der Waals surface area contributed by atoms with Gasteiger partial charge < -0.3 is 9.64 Å². The molecule has 3 heterocycles. The van der Waals surface area contributed by atoms with Gasteiger partial charge in [-0.15, -0.1) is 0 Å². The number of carbonyl (C=O) groups excluding carboxylic acids is 1. The molecule has 0 unspecified atom stereocenters. The molecule has 3 aromatic rings. The maximum atomic E-state index is 13.2. The van der Waals surface area contributed by atoms with Crippen LogP contribution in [0.3, 0.4) is 0 Å². The lowest BCUT2D eigenvalue weighted by atomic mass is 10.1. The van der Waals surface area contributed by atoms with Gasteiger partial charge in [-0.05, 0) is 30.7 Å². The Morgan fingerprint density at radius 1 is 1.15 bits per heavy atom. The van der Waals surface area contributed by atoms with E-state index in [1.165, 1.54) is 0 Å². The summed E-state index contributed by atoms with van der Waals surface area (Å²) in [6.07, 6.45) is 1.66. The molecular formula is C21H21N3O3. The number of hydrogen-bond donors (Lipinski definition) is 0. The Balaban J connectivity index is 1.81. The number of fused-ring (bicyclic) bond motifs is 1. The van der Waals surface area contributed by atoms with Gasteiger partial charge >= 0.3 is 0 Å². The lowest BCUT2D eigenvalue weighted by molar-refractivity contribution is 0.0301. The second kappa shape index (κ2) is 7.32. The molecule has 0 bridgehead atoms. The van der Waals surface area contributed by atoms with Gasteiger partial charge in [0.1, 0.15) is 11.2 Å². The Kier molecular flexibility index (Phi) is 4.73. The maximum Gasteiger partial charge on any atom is 0.265 e. The molecule has 1 fully saturated rings. The van der Waals surface area contributed by atoms with Gasteiger partial charge in [-0.2, -0.15) is 0 Å². The average molecular weight is 363 g/mol. The first-order valence-corrected chi connectivity index (χ1v) is 9.04. The second-order valence-corrected chi connectivity index (χ2v) is 6.76. The highest BCUT2D eigenvalue weighted by atomic mass is 16.5. The summed E-state index contributed by atoms with van der Waals surface area (Å²) in [4.78, 5) is 32.2. The van der Waals surface area contributed by atoms with Crippen molar-refractivity contribution in [1.82, 2.24) is 14.5 Å². The number of carbonyl (C=O) groups is 1. The number of pyridine rings is 2. The number of rotatable bonds is 3. The lowest BCUT2D eigenvalue weighted by Crippen LogP contribution is -2.43. The fraction of sp³-hybridized carbons (Fsp3) is 0.286. The minimum absolute atomic E-state index is 0.185. The third-order valence-corrected chi connectivity index (χ3v) is 4.84. The van der Waals surface area contributed by atoms with Crippen LogP contribution >= 0.6 is 0 Å². The molecule has 6 nitrogen and oxygen atoms in total. The highest BCUT2D eigenvalue weighted by Gasteiger charge is 2.23. The van der Waals surface area contributed by atoms with E-state index < -0.39 is 0 Å². The zero-order valence-corrected chi connectivity index (χ0v) is 15.2. The smallest absolute Gasteiger partial charge is 0.265 e. The molecule has 1 amide bonds. The number of aryl methyl sites for hydroxylation is 1. The first kappa shape index (κ1) is 17.4. The Morgan fingerprint density at radius 3 is 2.63 bits per heavy atom. The van der Waals surface area contributed by atoms with E-state index in [9.17, 15) is 9.59 Å². The normalized spacial score (nSPS) is 14.5. The van der Waals surface area contributed by atoms with Gasteiger partial charge in [-0.3, -0.25) is 14.2 Å². The van der Waals surface area contributed by atoms with Crippen molar-refractivity contribution >= 4 is 16.9 Å². The number of ether oxygens (including phenoxy) is 1. The first-order valence-electron chi connectivity index (χ1n) is 9.04. The summed E-state index contributed by atoms with van der Waals surface area (Å²) in [5.41, 5.74) is 2.61. The topological polar surface area (TPSA) is 64.4 Å². The van der Waals surface area contributed by atoms with Crippen LogP contribution in [0.2, 0.25) is 0 Å². The maximum absolute atomic E-state index is 13.2. The van der Waals surface area contributed by atoms with Crippen molar-refractivity contribution in [2.24, 2.45) is 0 Å². The summed E-state index contributed by atoms with van der Waals surface area (Å²) in [5.74, 6) is -0.244. The number of morpholine rings is 1. The molecule has 1 aromatic carbocycles. The molecule has 1 saturated heterocycles. The molecule has 4 rings (SSSR count). The van der Waals surface area contributed by atoms with Crippen LogP contribution in [-0.2, 0) is 11.3 Å². The molecule has 138 valence electrons. The molecule has 0 radical (unpaired) electrons. The van der Waals surface area contributed by atoms with Crippen molar-refractivity contribution in [1.29, 1.82) is 0 Å². The largest absolute Gasteiger partial charge is 0.378 e. The van der Waals surface area contributed by atoms with Gasteiger partial charge in [0.05, 0.1) is 19.8 Å². The molecule has 0 aliphatic carbocycles. The summed E-state index contributed by atoms with van der Waals surface area (Å²) in [6.45, 7) is 4.39. The standard InChI is InChI=1S/C21H21N3O3/c1-15-4-6-16(7-5-15)14-24-19-17(3-2-8-22-19)13-18(21(24)26)20(25)23-9-11-27-12-10-23/h2-8,13H,9-12,14H2,1H3. The number of aromatic nitrogens is 2. The van der Waals surface area contributed by atoms with Crippen LogP contribution < -0.4 is 5.56 Å². The van der Waals surface area contributed by atoms with Gasteiger partial charge in [0.25, 0.3) is 11.5 Å². The van der Waals surface area contributed by atoms with Crippen LogP contribution in [0.25, 0.3) is 11.0 Å². The number of amides is 1. The number of hydrogen-bond acceptors (Lipinski definition) is 4. The third-order valence-electron chi connectivity index (χ3n) is 4.84. The van der Waals surface area contributed by atoms with E-state index in [4.69, 9.17) is 4.74 Å². The van der Waals surface area contributed by atoms with Crippen molar-refractivity contribution in [3.8, 4) is 0 Å². The van der Waals surface area contributed by atoms with E-state index in [-0.39, 0.29) is 17.0 Å². The molecule has 0 N–H and O–H groups in total. The molecule has 27 heavy (non-hydrogen) atoms. The van der Waals surface area contributed by atoms with E-state index in [1.807, 2.05) is 43.3 Å². The first-order chi connectivity index (χ1) is 13.1. The highest BCUT2D eigenvalue weighted by molar-refractivity contribution is 5.97. The van der Waals surface area contributed by atoms with Crippen LogP contribution in [0.4, 0.5) is 0 Å². The molecule has 0 atom stereocenters. The number of nitrogens with zero attached hydrogens (tertiary/aromatic N) is 3. The van der Waals surface area contributed by atoms with E-state index >= 15 is 0 Å². The van der Waals surface area contributed by atoms with Crippen molar-refractivity contribution in [3.63, 3.8) is 0 Å². The highest BCUT2D eigenvalue weighted by Crippen LogP contribution is 2.15. The van der Waals surface area contributed by atoms with E-state index in [1.54, 1.807) is 21.7 Å². The minimum Gasteiger partial charge on any atom is -0.378 e. The van der Waals surface area contributed by atoms with Gasteiger partial charge in [-0.1, -0.05) is 29.8 Å². The second-order valence-electron chi connectivity index (χ2n) is 6.76. The van der Waals surface area contributed by atoms with Crippen molar-refractivity contribution in [2.75, 3.05) is 26.3 Å². The predicted octanol–water partition coefficient (Wildman–Crippen LogP) is 2.23. The lowest BCUT2D eigenvalue weighted by Gasteiger charge is -2.27. The summed E-state index contributed by atoms with van der Waals surface area (Å²) in [5, 5.41) is 0.779. The fourth-order valence-electron chi connectivity index (χ4n) is 3.32. The van der Waals surface area contributed by atoms with Crippen molar-refractivity contribution in [2.45, 2.75) is 13.5 Å². The quantitative estimate of drug-likeness (QED) is 0.716. The van der Waals surface area contributed by atoms with Gasteiger partial charge in [0.2, 0.25) is 0 Å². The van der Waals surface area contributed by atoms with E-state index in [0.29, 0.717) is 38.5 Å². The number of benzene rings is 1. The Bertz CT molecular complexity index is 1030. The van der Waals surface area contributed by atoms with Crippen LogP contribution in [0, 0.1) is 6.92 Å². The van der Waals surface area contributed by atoms with Crippen LogP contribution in [0.1, 0.15) is 21.5 Å². The van der Waals surface area contributed by atoms with Gasteiger partial charge in [0.15, 0.2) is 0 Å². The third kappa shape index (κ3) is 3.48. The summed E-state index contributed by atoms with van der Waals surface area (Å²) in [7, 11) is 0. The minimum atomic E-state index is -0.307.